The van der Waals surface area contributed by atoms with Crippen molar-refractivity contribution in [1.82, 2.24) is 0 Å². The average molecular weight is 1480 g/mol. The number of carbonyl (C=O) groups is 4. The van der Waals surface area contributed by atoms with Crippen LogP contribution in [0, 0.1) is 11.8 Å². The van der Waals surface area contributed by atoms with Gasteiger partial charge in [-0.25, -0.2) is 9.13 Å². The smallest absolute Gasteiger partial charge is 0.462 e. The Morgan fingerprint density at radius 1 is 0.287 bits per heavy atom. The number of phosphoric acid groups is 2. The Balaban J connectivity index is 5.23. The van der Waals surface area contributed by atoms with Gasteiger partial charge in [-0.2, -0.15) is 0 Å². The van der Waals surface area contributed by atoms with E-state index in [1.54, 1.807) is 0 Å². The Morgan fingerprint density at radius 2 is 0.505 bits per heavy atom. The predicted octanol–water partition coefficient (Wildman–Crippen LogP) is 24.7. The molecule has 101 heavy (non-hydrogen) atoms. The van der Waals surface area contributed by atoms with Crippen LogP contribution in [0.3, 0.4) is 0 Å². The van der Waals surface area contributed by atoms with Crippen LogP contribution in [0.1, 0.15) is 433 Å². The fourth-order valence-corrected chi connectivity index (χ4v) is 14.3. The third-order valence-corrected chi connectivity index (χ3v) is 21.5. The Morgan fingerprint density at radius 3 is 0.752 bits per heavy atom. The molecule has 3 N–H and O–H groups in total. The molecule has 19 heteroatoms. The maximum Gasteiger partial charge on any atom is 0.472 e. The molecule has 0 aliphatic rings. The number of carbonyl (C=O) groups excluding carboxylic acids is 4. The zero-order chi connectivity index (χ0) is 74.2. The minimum absolute atomic E-state index is 0.105. The van der Waals surface area contributed by atoms with Crippen LogP contribution < -0.4 is 0 Å². The summed E-state index contributed by atoms with van der Waals surface area (Å²) in [6.45, 7) is 9.62. The van der Waals surface area contributed by atoms with E-state index >= 15 is 0 Å². The Bertz CT molecular complexity index is 1940. The third kappa shape index (κ3) is 74.7. The monoisotopic (exact) mass is 1480 g/mol. The van der Waals surface area contributed by atoms with Gasteiger partial charge in [0.05, 0.1) is 26.4 Å². The van der Waals surface area contributed by atoms with E-state index in [9.17, 15) is 43.2 Å². The molecule has 0 amide bonds. The first-order valence-corrected chi connectivity index (χ1v) is 45.5. The first-order chi connectivity index (χ1) is 48.9. The van der Waals surface area contributed by atoms with E-state index in [2.05, 4.69) is 41.5 Å². The highest BCUT2D eigenvalue weighted by Gasteiger charge is 2.30. The van der Waals surface area contributed by atoms with Gasteiger partial charge in [0.1, 0.15) is 19.3 Å². The molecule has 0 bridgehead atoms. The van der Waals surface area contributed by atoms with Gasteiger partial charge in [0.15, 0.2) is 12.2 Å². The molecular weight excluding hydrogens is 1320 g/mol. The van der Waals surface area contributed by atoms with Gasteiger partial charge < -0.3 is 33.8 Å². The molecular formula is C82H160O17P2. The zero-order valence-corrected chi connectivity index (χ0v) is 68.0. The summed E-state index contributed by atoms with van der Waals surface area (Å²) in [5.74, 6) is -0.595. The van der Waals surface area contributed by atoms with Crippen LogP contribution in [-0.4, -0.2) is 96.7 Å². The highest BCUT2D eigenvalue weighted by Crippen LogP contribution is 2.45. The number of hydrogen-bond acceptors (Lipinski definition) is 15. The summed E-state index contributed by atoms with van der Waals surface area (Å²) in [5.41, 5.74) is 0. The maximum absolute atomic E-state index is 13.1. The van der Waals surface area contributed by atoms with E-state index < -0.39 is 97.5 Å². The van der Waals surface area contributed by atoms with Crippen molar-refractivity contribution >= 4 is 39.5 Å². The number of aliphatic hydroxyl groups is 1. The van der Waals surface area contributed by atoms with Crippen molar-refractivity contribution in [3.63, 3.8) is 0 Å². The summed E-state index contributed by atoms with van der Waals surface area (Å²) in [5, 5.41) is 10.6. The maximum atomic E-state index is 13.1. The lowest BCUT2D eigenvalue weighted by molar-refractivity contribution is -0.161. The van der Waals surface area contributed by atoms with Gasteiger partial charge in [-0.15, -0.1) is 0 Å². The van der Waals surface area contributed by atoms with E-state index in [4.69, 9.17) is 37.0 Å². The summed E-state index contributed by atoms with van der Waals surface area (Å²) >= 11 is 0. The van der Waals surface area contributed by atoms with E-state index in [0.717, 1.165) is 102 Å². The molecule has 600 valence electrons. The second kappa shape index (κ2) is 73.6. The second-order valence-corrected chi connectivity index (χ2v) is 33.1. The van der Waals surface area contributed by atoms with Crippen LogP contribution in [0.15, 0.2) is 0 Å². The van der Waals surface area contributed by atoms with Gasteiger partial charge in [-0.3, -0.25) is 37.3 Å². The van der Waals surface area contributed by atoms with Gasteiger partial charge in [-0.1, -0.05) is 382 Å². The molecule has 0 aromatic carbocycles. The molecule has 0 aliphatic heterocycles. The highest BCUT2D eigenvalue weighted by molar-refractivity contribution is 7.47. The molecule has 3 unspecified atom stereocenters. The highest BCUT2D eigenvalue weighted by atomic mass is 31.2. The lowest BCUT2D eigenvalue weighted by Gasteiger charge is -2.21. The average Bonchev–Trinajstić information content (AvgIpc) is 1.01. The Kier molecular flexibility index (Phi) is 72.2. The molecule has 6 atom stereocenters. The van der Waals surface area contributed by atoms with E-state index in [0.29, 0.717) is 25.7 Å². The van der Waals surface area contributed by atoms with Gasteiger partial charge in [0.2, 0.25) is 0 Å². The summed E-state index contributed by atoms with van der Waals surface area (Å²) < 4.78 is 68.8. The number of hydrogen-bond donors (Lipinski definition) is 3. The molecule has 0 heterocycles. The van der Waals surface area contributed by atoms with E-state index in [1.165, 1.54) is 250 Å². The van der Waals surface area contributed by atoms with Crippen LogP contribution in [0.5, 0.6) is 0 Å². The van der Waals surface area contributed by atoms with E-state index in [-0.39, 0.29) is 25.7 Å². The molecule has 0 spiro atoms. The fraction of sp³-hybridized carbons (Fsp3) is 0.951. The number of unbranched alkanes of at least 4 members (excludes halogenated alkanes) is 50. The van der Waals surface area contributed by atoms with E-state index in [1.807, 2.05) is 0 Å². The SMILES string of the molecule is CCCCCCCCCCCCCCCCCCCCCCCC(=O)O[C@H](COC(=O)CCCCCCCCCCCCCCCCCC)COP(=O)(O)OC[C@@H](O)COP(=O)(O)OC[C@@H](COC(=O)CCCCCCCCCCC(C)CC)OC(=O)CCCCCCCCCCCC(C)C. The van der Waals surface area contributed by atoms with Gasteiger partial charge in [-0.05, 0) is 37.5 Å². The molecule has 0 aromatic rings. The quantitative estimate of drug-likeness (QED) is 0.0222. The number of rotatable bonds is 81. The Labute approximate surface area is 619 Å². The molecule has 0 saturated carbocycles. The minimum Gasteiger partial charge on any atom is -0.462 e. The van der Waals surface area contributed by atoms with Crippen molar-refractivity contribution in [1.29, 1.82) is 0 Å². The minimum atomic E-state index is -4.96. The number of ether oxygens (including phenoxy) is 4. The number of aliphatic hydroxyl groups excluding tert-OH is 1. The Hall–Kier alpha value is -1.94. The molecule has 0 saturated heterocycles. The first kappa shape index (κ1) is 99.1. The van der Waals surface area contributed by atoms with Gasteiger partial charge >= 0.3 is 39.5 Å². The van der Waals surface area contributed by atoms with Gasteiger partial charge in [0, 0.05) is 25.7 Å². The number of esters is 4. The van der Waals surface area contributed by atoms with Crippen molar-refractivity contribution in [2.75, 3.05) is 39.6 Å². The van der Waals surface area contributed by atoms with Crippen LogP contribution in [0.4, 0.5) is 0 Å². The summed E-state index contributed by atoms with van der Waals surface area (Å²) in [4.78, 5) is 73.1. The summed E-state index contributed by atoms with van der Waals surface area (Å²) in [6, 6.07) is 0. The molecule has 0 rings (SSSR count). The van der Waals surface area contributed by atoms with Crippen molar-refractivity contribution < 1.29 is 80.2 Å². The van der Waals surface area contributed by atoms with Crippen molar-refractivity contribution in [2.45, 2.75) is 452 Å². The van der Waals surface area contributed by atoms with Crippen LogP contribution in [0.2, 0.25) is 0 Å². The van der Waals surface area contributed by atoms with Crippen LogP contribution in [0.25, 0.3) is 0 Å². The lowest BCUT2D eigenvalue weighted by Crippen LogP contribution is -2.30. The van der Waals surface area contributed by atoms with Crippen molar-refractivity contribution in [3.05, 3.63) is 0 Å². The van der Waals surface area contributed by atoms with Crippen molar-refractivity contribution in [2.24, 2.45) is 11.8 Å². The predicted molar refractivity (Wildman–Crippen MR) is 414 cm³/mol. The number of phosphoric ester groups is 2. The molecule has 0 aliphatic carbocycles. The summed E-state index contributed by atoms with van der Waals surface area (Å²) in [6.07, 6.45) is 63.9. The largest absolute Gasteiger partial charge is 0.472 e. The first-order valence-electron chi connectivity index (χ1n) is 42.5. The topological polar surface area (TPSA) is 237 Å². The lowest BCUT2D eigenvalue weighted by atomic mass is 9.99. The molecule has 0 fully saturated rings. The van der Waals surface area contributed by atoms with Crippen LogP contribution in [-0.2, 0) is 65.4 Å². The van der Waals surface area contributed by atoms with Crippen LogP contribution >= 0.6 is 15.6 Å². The molecule has 17 nitrogen and oxygen atoms in total. The van der Waals surface area contributed by atoms with Crippen molar-refractivity contribution in [3.8, 4) is 0 Å². The second-order valence-electron chi connectivity index (χ2n) is 30.2. The van der Waals surface area contributed by atoms with Gasteiger partial charge in [0.25, 0.3) is 0 Å². The standard InChI is InChI=1S/C82H160O17P2/c1-7-10-12-14-16-18-20-22-24-26-27-28-29-30-32-34-36-40-48-54-60-66-81(86)98-77(70-92-79(84)64-58-52-46-39-35-33-31-25-23-21-19-17-15-13-11-8-2)72-96-100(88,89)94-68-76(83)69-95-101(90,91)97-73-78(99-82(87)67-61-55-49-41-37-38-44-50-56-62-74(4)5)71-93-80(85)65-59-53-47-43-42-45-51-57-63-75(6)9-3/h74-78,83H,7-73H2,1-6H3,(H,88,89)(H,90,91)/t75?,76-,77-,78-/m1/s1. The molecule has 0 radical (unpaired) electrons. The summed E-state index contributed by atoms with van der Waals surface area (Å²) in [7, 11) is -9.92. The molecule has 0 aromatic heterocycles. The third-order valence-electron chi connectivity index (χ3n) is 19.6. The normalized spacial score (nSPS) is 14.2. The fourth-order valence-electron chi connectivity index (χ4n) is 12.7. The zero-order valence-electron chi connectivity index (χ0n) is 66.2.